The zero-order chi connectivity index (χ0) is 17.8. The molecule has 0 spiro atoms. The zero-order valence-electron chi connectivity index (χ0n) is 14.7. The van der Waals surface area contributed by atoms with Crippen LogP contribution in [0.4, 0.5) is 0 Å². The minimum Gasteiger partial charge on any atom is -0.409 e. The van der Waals surface area contributed by atoms with Gasteiger partial charge in [-0.05, 0) is 48.4 Å². The first-order valence-electron chi connectivity index (χ1n) is 8.28. The number of aromatic nitrogens is 3. The molecule has 1 aromatic carbocycles. The second-order valence-corrected chi connectivity index (χ2v) is 6.82. The summed E-state index contributed by atoms with van der Waals surface area (Å²) in [6.07, 6.45) is 3.43. The first kappa shape index (κ1) is 17.5. The van der Waals surface area contributed by atoms with E-state index in [1.54, 1.807) is 17.1 Å². The van der Waals surface area contributed by atoms with Gasteiger partial charge in [0.1, 0.15) is 0 Å². The van der Waals surface area contributed by atoms with E-state index >= 15 is 0 Å². The highest BCUT2D eigenvalue weighted by atomic mass is 32.1. The van der Waals surface area contributed by atoms with E-state index < -0.39 is 0 Å². The summed E-state index contributed by atoms with van der Waals surface area (Å²) in [5.41, 5.74) is 3.43. The second-order valence-electron chi connectivity index (χ2n) is 6.47. The molecule has 6 heteroatoms. The van der Waals surface area contributed by atoms with Gasteiger partial charge in [-0.3, -0.25) is 9.88 Å². The maximum absolute atomic E-state index is 5.59. The fourth-order valence-electron chi connectivity index (χ4n) is 2.60. The summed E-state index contributed by atoms with van der Waals surface area (Å²) in [5, 5.41) is 4.46. The molecule has 0 aliphatic carbocycles. The van der Waals surface area contributed by atoms with E-state index in [0.29, 0.717) is 23.3 Å². The van der Waals surface area contributed by atoms with Gasteiger partial charge in [-0.1, -0.05) is 38.1 Å². The van der Waals surface area contributed by atoms with Crippen molar-refractivity contribution in [2.45, 2.75) is 33.0 Å². The Kier molecular flexibility index (Phi) is 5.40. The molecule has 0 aliphatic rings. The van der Waals surface area contributed by atoms with E-state index in [1.165, 1.54) is 11.1 Å². The van der Waals surface area contributed by atoms with Gasteiger partial charge >= 0.3 is 0 Å². The molecule has 25 heavy (non-hydrogen) atoms. The Balaban J connectivity index is 1.68. The van der Waals surface area contributed by atoms with Crippen LogP contribution in [0.25, 0.3) is 11.5 Å². The van der Waals surface area contributed by atoms with Crippen molar-refractivity contribution in [2.75, 3.05) is 7.05 Å². The Labute approximate surface area is 152 Å². The predicted molar refractivity (Wildman–Crippen MR) is 101 cm³/mol. The molecule has 0 fully saturated rings. The van der Waals surface area contributed by atoms with Gasteiger partial charge in [-0.15, -0.1) is 5.10 Å². The first-order valence-corrected chi connectivity index (χ1v) is 8.69. The lowest BCUT2D eigenvalue weighted by Crippen LogP contribution is -2.22. The molecule has 5 nitrogen and oxygen atoms in total. The van der Waals surface area contributed by atoms with Gasteiger partial charge in [0.2, 0.25) is 5.89 Å². The van der Waals surface area contributed by atoms with Gasteiger partial charge in [-0.25, -0.2) is 4.68 Å². The van der Waals surface area contributed by atoms with Crippen molar-refractivity contribution in [1.82, 2.24) is 19.7 Å². The highest BCUT2D eigenvalue weighted by molar-refractivity contribution is 7.71. The van der Waals surface area contributed by atoms with Crippen LogP contribution in [0.15, 0.2) is 53.2 Å². The van der Waals surface area contributed by atoms with Crippen LogP contribution in [-0.4, -0.2) is 26.7 Å². The van der Waals surface area contributed by atoms with E-state index in [9.17, 15) is 0 Å². The topological polar surface area (TPSA) is 47.1 Å². The van der Waals surface area contributed by atoms with E-state index in [4.69, 9.17) is 16.6 Å². The summed E-state index contributed by atoms with van der Waals surface area (Å²) in [4.78, 5) is 6.59. The molecule has 3 rings (SSSR count). The van der Waals surface area contributed by atoms with Crippen molar-refractivity contribution in [3.8, 4) is 11.5 Å². The molecule has 0 saturated carbocycles. The SMILES string of the molecule is CC(C)c1ccc(CN(C)Cn2nc(-c3cccnc3)oc2=S)cc1. The molecule has 0 N–H and O–H groups in total. The Morgan fingerprint density at radius 1 is 1.20 bits per heavy atom. The average molecular weight is 354 g/mol. The van der Waals surface area contributed by atoms with Crippen molar-refractivity contribution in [3.63, 3.8) is 0 Å². The Hall–Kier alpha value is -2.31. The van der Waals surface area contributed by atoms with Gasteiger partial charge in [0.05, 0.1) is 12.2 Å². The number of rotatable bonds is 6. The van der Waals surface area contributed by atoms with Crippen molar-refractivity contribution < 1.29 is 4.42 Å². The maximum atomic E-state index is 5.59. The number of hydrogen-bond acceptors (Lipinski definition) is 5. The number of nitrogens with zero attached hydrogens (tertiary/aromatic N) is 4. The van der Waals surface area contributed by atoms with Gasteiger partial charge in [-0.2, -0.15) is 0 Å². The monoisotopic (exact) mass is 354 g/mol. The molecule has 0 atom stereocenters. The highest BCUT2D eigenvalue weighted by Crippen LogP contribution is 2.17. The van der Waals surface area contributed by atoms with Crippen LogP contribution < -0.4 is 0 Å². The van der Waals surface area contributed by atoms with Crippen molar-refractivity contribution in [1.29, 1.82) is 0 Å². The smallest absolute Gasteiger partial charge is 0.288 e. The summed E-state index contributed by atoms with van der Waals surface area (Å²) < 4.78 is 7.29. The number of hydrogen-bond donors (Lipinski definition) is 0. The fourth-order valence-corrected chi connectivity index (χ4v) is 2.78. The van der Waals surface area contributed by atoms with Crippen LogP contribution in [0.3, 0.4) is 0 Å². The third kappa shape index (κ3) is 4.41. The van der Waals surface area contributed by atoms with E-state index in [1.807, 2.05) is 19.2 Å². The Bertz CT molecular complexity index is 868. The molecule has 2 aromatic heterocycles. The quantitative estimate of drug-likeness (QED) is 0.611. The van der Waals surface area contributed by atoms with Crippen LogP contribution in [0, 0.1) is 4.84 Å². The normalized spacial score (nSPS) is 11.4. The van der Waals surface area contributed by atoms with Gasteiger partial charge < -0.3 is 4.42 Å². The maximum Gasteiger partial charge on any atom is 0.288 e. The summed E-state index contributed by atoms with van der Waals surface area (Å²) in [7, 11) is 2.04. The van der Waals surface area contributed by atoms with E-state index in [-0.39, 0.29) is 0 Å². The van der Waals surface area contributed by atoms with E-state index in [0.717, 1.165) is 12.1 Å². The molecule has 0 radical (unpaired) electrons. The lowest BCUT2D eigenvalue weighted by Gasteiger charge is -2.16. The summed E-state index contributed by atoms with van der Waals surface area (Å²) in [6, 6.07) is 12.5. The third-order valence-electron chi connectivity index (χ3n) is 3.99. The molecule has 0 bridgehead atoms. The first-order chi connectivity index (χ1) is 12.0. The van der Waals surface area contributed by atoms with Crippen LogP contribution in [0.1, 0.15) is 30.9 Å². The van der Waals surface area contributed by atoms with Crippen molar-refractivity contribution in [3.05, 3.63) is 64.8 Å². The number of benzene rings is 1. The molecule has 2 heterocycles. The molecule has 0 saturated heterocycles. The average Bonchev–Trinajstić information content (AvgIpc) is 2.97. The van der Waals surface area contributed by atoms with Crippen LogP contribution in [0.2, 0.25) is 0 Å². The van der Waals surface area contributed by atoms with Gasteiger partial charge in [0, 0.05) is 18.9 Å². The standard InChI is InChI=1S/C19H22N4OS/c1-14(2)16-8-6-15(7-9-16)12-22(3)13-23-19(25)24-18(21-23)17-5-4-10-20-11-17/h4-11,14H,12-13H2,1-3H3. The molecule has 3 aromatic rings. The van der Waals surface area contributed by atoms with Gasteiger partial charge in [0.15, 0.2) is 0 Å². The third-order valence-corrected chi connectivity index (χ3v) is 4.28. The highest BCUT2D eigenvalue weighted by Gasteiger charge is 2.10. The summed E-state index contributed by atoms with van der Waals surface area (Å²) in [6.45, 7) is 5.78. The largest absolute Gasteiger partial charge is 0.409 e. The van der Waals surface area contributed by atoms with Crippen LogP contribution >= 0.6 is 12.2 Å². The number of pyridine rings is 1. The minimum atomic E-state index is 0.362. The lowest BCUT2D eigenvalue weighted by molar-refractivity contribution is 0.240. The van der Waals surface area contributed by atoms with Gasteiger partial charge in [0.25, 0.3) is 4.84 Å². The summed E-state index contributed by atoms with van der Waals surface area (Å²) >= 11 is 5.29. The van der Waals surface area contributed by atoms with Crippen LogP contribution in [0.5, 0.6) is 0 Å². The molecule has 0 aliphatic heterocycles. The lowest BCUT2D eigenvalue weighted by atomic mass is 10.0. The summed E-state index contributed by atoms with van der Waals surface area (Å²) in [5.74, 6) is 1.04. The predicted octanol–water partition coefficient (Wildman–Crippen LogP) is 4.48. The Morgan fingerprint density at radius 2 is 1.96 bits per heavy atom. The molecule has 0 unspecified atom stereocenters. The van der Waals surface area contributed by atoms with Crippen LogP contribution in [-0.2, 0) is 13.2 Å². The molecular weight excluding hydrogens is 332 g/mol. The van der Waals surface area contributed by atoms with Crippen molar-refractivity contribution in [2.24, 2.45) is 0 Å². The Morgan fingerprint density at radius 3 is 2.60 bits per heavy atom. The molecule has 130 valence electrons. The fraction of sp³-hybridized carbons (Fsp3) is 0.316. The van der Waals surface area contributed by atoms with Crippen molar-refractivity contribution >= 4 is 12.2 Å². The van der Waals surface area contributed by atoms with E-state index in [2.05, 4.69) is 53.1 Å². The second kappa shape index (κ2) is 7.72. The minimum absolute atomic E-state index is 0.362. The zero-order valence-corrected chi connectivity index (χ0v) is 15.5. The molecule has 0 amide bonds. The molecular formula is C19H22N4OS.